The third kappa shape index (κ3) is 5.33. The van der Waals surface area contributed by atoms with Gasteiger partial charge < -0.3 is 9.84 Å². The number of ether oxygens (including phenoxy) is 1. The van der Waals surface area contributed by atoms with Gasteiger partial charge in [0.25, 0.3) is 0 Å². The Balaban J connectivity index is 1.76. The fraction of sp³-hybridized carbons (Fsp3) is 0.174. The average Bonchev–Trinajstić information content (AvgIpc) is 3.41. The molecule has 34 heavy (non-hydrogen) atoms. The highest BCUT2D eigenvalue weighted by Gasteiger charge is 2.17. The minimum absolute atomic E-state index is 0.00868. The van der Waals surface area contributed by atoms with Crippen LogP contribution in [0.5, 0.6) is 5.75 Å². The maximum Gasteiger partial charge on any atom is 0.355 e. The molecule has 9 nitrogen and oxygen atoms in total. The lowest BCUT2D eigenvalue weighted by Gasteiger charge is -2.11. The summed E-state index contributed by atoms with van der Waals surface area (Å²) in [4.78, 5) is 15.4. The van der Waals surface area contributed by atoms with E-state index >= 15 is 0 Å². The second kappa shape index (κ2) is 9.37. The molecule has 3 N–H and O–H groups in total. The Morgan fingerprint density at radius 2 is 1.94 bits per heavy atom. The Kier molecular flexibility index (Phi) is 6.51. The van der Waals surface area contributed by atoms with Crippen molar-refractivity contribution in [3.8, 4) is 22.1 Å². The molecule has 0 aliphatic rings. The number of benzene rings is 2. The molecule has 0 aliphatic carbocycles. The van der Waals surface area contributed by atoms with Crippen LogP contribution in [0.15, 0.2) is 65.0 Å². The van der Waals surface area contributed by atoms with Crippen LogP contribution >= 0.6 is 11.3 Å². The molecule has 0 spiro atoms. The van der Waals surface area contributed by atoms with Crippen molar-refractivity contribution in [1.82, 2.24) is 14.8 Å². The van der Waals surface area contributed by atoms with Crippen LogP contribution in [0.1, 0.15) is 35.5 Å². The van der Waals surface area contributed by atoms with Crippen LogP contribution in [0.4, 0.5) is 0 Å². The smallest absolute Gasteiger partial charge is 0.355 e. The van der Waals surface area contributed by atoms with Crippen LogP contribution in [-0.2, 0) is 16.4 Å². The first-order chi connectivity index (χ1) is 16.1. The van der Waals surface area contributed by atoms with E-state index in [0.717, 1.165) is 16.7 Å². The van der Waals surface area contributed by atoms with Gasteiger partial charge in [-0.3, -0.25) is 0 Å². The minimum Gasteiger partial charge on any atom is -0.491 e. The summed E-state index contributed by atoms with van der Waals surface area (Å²) in [6.07, 6.45) is 2.25. The summed E-state index contributed by atoms with van der Waals surface area (Å²) in [5.74, 6) is -0.406. The zero-order chi connectivity index (χ0) is 24.5. The van der Waals surface area contributed by atoms with Gasteiger partial charge >= 0.3 is 5.97 Å². The summed E-state index contributed by atoms with van der Waals surface area (Å²) < 4.78 is 30.5. The molecule has 176 valence electrons. The largest absolute Gasteiger partial charge is 0.491 e. The standard InChI is InChI=1S/C23H22N4O5S2/c1-14(2)32-18-5-3-4-16(11-18)21-17(10-15-6-8-19(9-7-15)34(24,30)31)12-27(26-21)23-25-20(13-33-23)22(28)29/h3-9,11-14H,10H2,1-2H3,(H,28,29)(H2,24,30,31). The van der Waals surface area contributed by atoms with Crippen molar-refractivity contribution in [2.24, 2.45) is 5.14 Å². The Labute approximate surface area is 200 Å². The predicted molar refractivity (Wildman–Crippen MR) is 128 cm³/mol. The van der Waals surface area contributed by atoms with Crippen molar-refractivity contribution in [2.45, 2.75) is 31.3 Å². The number of hydrogen-bond acceptors (Lipinski definition) is 7. The first-order valence-electron chi connectivity index (χ1n) is 10.3. The maximum absolute atomic E-state index is 11.6. The summed E-state index contributed by atoms with van der Waals surface area (Å²) in [6, 6.07) is 13.9. The number of nitrogens with zero attached hydrogens (tertiary/aromatic N) is 3. The number of nitrogens with two attached hydrogens (primary N) is 1. The second-order valence-electron chi connectivity index (χ2n) is 7.83. The van der Waals surface area contributed by atoms with Crippen molar-refractivity contribution in [1.29, 1.82) is 0 Å². The SMILES string of the molecule is CC(C)Oc1cccc(-c2nn(-c3nc(C(=O)O)cs3)cc2Cc2ccc(S(N)(=O)=O)cc2)c1. The number of thiazole rings is 1. The van der Waals surface area contributed by atoms with Gasteiger partial charge in [0, 0.05) is 29.1 Å². The second-order valence-corrected chi connectivity index (χ2v) is 10.2. The maximum atomic E-state index is 11.6. The number of carboxylic acids is 1. The first-order valence-corrected chi connectivity index (χ1v) is 12.7. The molecular formula is C23H22N4O5S2. The normalized spacial score (nSPS) is 11.6. The molecule has 0 bridgehead atoms. The van der Waals surface area contributed by atoms with Gasteiger partial charge in [-0.15, -0.1) is 11.3 Å². The Morgan fingerprint density at radius 1 is 1.21 bits per heavy atom. The lowest BCUT2D eigenvalue weighted by Crippen LogP contribution is -2.11. The van der Waals surface area contributed by atoms with Gasteiger partial charge in [-0.1, -0.05) is 24.3 Å². The number of rotatable bonds is 8. The van der Waals surface area contributed by atoms with Gasteiger partial charge in [-0.05, 0) is 43.7 Å². The van der Waals surface area contributed by atoms with Gasteiger partial charge in [0.2, 0.25) is 15.2 Å². The van der Waals surface area contributed by atoms with E-state index in [1.165, 1.54) is 28.8 Å². The number of primary sulfonamides is 1. The summed E-state index contributed by atoms with van der Waals surface area (Å²) in [6.45, 7) is 3.89. The zero-order valence-corrected chi connectivity index (χ0v) is 20.0. The molecule has 0 unspecified atom stereocenters. The highest BCUT2D eigenvalue weighted by atomic mass is 32.2. The van der Waals surface area contributed by atoms with E-state index < -0.39 is 16.0 Å². The van der Waals surface area contributed by atoms with Crippen molar-refractivity contribution >= 4 is 27.3 Å². The molecule has 0 radical (unpaired) electrons. The van der Waals surface area contributed by atoms with Crippen LogP contribution in [0, 0.1) is 0 Å². The van der Waals surface area contributed by atoms with Crippen molar-refractivity contribution in [2.75, 3.05) is 0 Å². The molecule has 2 aromatic carbocycles. The van der Waals surface area contributed by atoms with Gasteiger partial charge in [-0.2, -0.15) is 5.10 Å². The zero-order valence-electron chi connectivity index (χ0n) is 18.4. The van der Waals surface area contributed by atoms with Crippen LogP contribution < -0.4 is 9.88 Å². The molecule has 2 aromatic heterocycles. The Bertz CT molecular complexity index is 1440. The molecule has 0 fully saturated rings. The first kappa shape index (κ1) is 23.6. The molecule has 0 saturated heterocycles. The molecule has 0 amide bonds. The van der Waals surface area contributed by atoms with Gasteiger partial charge in [0.05, 0.1) is 16.7 Å². The summed E-state index contributed by atoms with van der Waals surface area (Å²) >= 11 is 1.17. The summed E-state index contributed by atoms with van der Waals surface area (Å²) in [5, 5.41) is 21.0. The van der Waals surface area contributed by atoms with Gasteiger partial charge in [0.1, 0.15) is 5.75 Å². The topological polar surface area (TPSA) is 137 Å². The lowest BCUT2D eigenvalue weighted by molar-refractivity contribution is 0.0691. The monoisotopic (exact) mass is 498 g/mol. The van der Waals surface area contributed by atoms with Gasteiger partial charge in [0.15, 0.2) is 5.69 Å². The molecule has 0 saturated carbocycles. The minimum atomic E-state index is -3.78. The van der Waals surface area contributed by atoms with Crippen LogP contribution in [0.3, 0.4) is 0 Å². The Morgan fingerprint density at radius 3 is 2.56 bits per heavy atom. The van der Waals surface area contributed by atoms with Crippen LogP contribution in [-0.4, -0.2) is 40.4 Å². The third-order valence-corrected chi connectivity index (χ3v) is 6.58. The molecule has 11 heteroatoms. The Hall–Kier alpha value is -3.54. The predicted octanol–water partition coefficient (Wildman–Crippen LogP) is 3.72. The summed E-state index contributed by atoms with van der Waals surface area (Å²) in [7, 11) is -3.78. The molecule has 4 aromatic rings. The van der Waals surface area contributed by atoms with E-state index in [9.17, 15) is 18.3 Å². The number of hydrogen-bond donors (Lipinski definition) is 2. The van der Waals surface area contributed by atoms with E-state index in [1.807, 2.05) is 38.1 Å². The molecule has 2 heterocycles. The third-order valence-electron chi connectivity index (χ3n) is 4.82. The van der Waals surface area contributed by atoms with E-state index in [4.69, 9.17) is 15.0 Å². The van der Waals surface area contributed by atoms with Crippen molar-refractivity contribution in [3.63, 3.8) is 0 Å². The highest BCUT2D eigenvalue weighted by Crippen LogP contribution is 2.29. The number of carboxylic acid groups (broad SMARTS) is 1. The number of sulfonamides is 1. The van der Waals surface area contributed by atoms with Crippen molar-refractivity contribution < 1.29 is 23.1 Å². The average molecular weight is 499 g/mol. The van der Waals surface area contributed by atoms with Crippen molar-refractivity contribution in [3.05, 3.63) is 76.9 Å². The molecule has 0 atom stereocenters. The molecular weight excluding hydrogens is 476 g/mol. The van der Waals surface area contributed by atoms with E-state index in [2.05, 4.69) is 4.98 Å². The summed E-state index contributed by atoms with van der Waals surface area (Å²) in [5.41, 5.74) is 3.15. The number of aromatic nitrogens is 3. The molecule has 0 aliphatic heterocycles. The van der Waals surface area contributed by atoms with Crippen LogP contribution in [0.2, 0.25) is 0 Å². The lowest BCUT2D eigenvalue weighted by atomic mass is 10.0. The molecule has 4 rings (SSSR count). The fourth-order valence-electron chi connectivity index (χ4n) is 3.35. The number of carbonyl (C=O) groups is 1. The van der Waals surface area contributed by atoms with Gasteiger partial charge in [-0.25, -0.2) is 28.0 Å². The van der Waals surface area contributed by atoms with E-state index in [1.54, 1.807) is 23.0 Å². The van der Waals surface area contributed by atoms with E-state index in [0.29, 0.717) is 23.0 Å². The van der Waals surface area contributed by atoms with E-state index in [-0.39, 0.29) is 16.7 Å². The fourth-order valence-corrected chi connectivity index (χ4v) is 4.59. The number of aromatic carboxylic acids is 1. The van der Waals surface area contributed by atoms with Crippen LogP contribution in [0.25, 0.3) is 16.4 Å². The highest BCUT2D eigenvalue weighted by molar-refractivity contribution is 7.89. The quantitative estimate of drug-likeness (QED) is 0.378.